The van der Waals surface area contributed by atoms with Gasteiger partial charge in [-0.15, -0.1) is 0 Å². The fourth-order valence-corrected chi connectivity index (χ4v) is 2.11. The van der Waals surface area contributed by atoms with Crippen LogP contribution in [0, 0.1) is 5.92 Å². The van der Waals surface area contributed by atoms with Crippen LogP contribution in [-0.4, -0.2) is 42.2 Å². The molecule has 5 N–H and O–H groups in total. The molecule has 0 aromatic rings. The summed E-state index contributed by atoms with van der Waals surface area (Å²) in [5.74, 6) is -1.91. The summed E-state index contributed by atoms with van der Waals surface area (Å²) < 4.78 is 16.0. The highest BCUT2D eigenvalue weighted by Crippen LogP contribution is 2.44. The van der Waals surface area contributed by atoms with Crippen molar-refractivity contribution in [1.82, 2.24) is 10.6 Å². The van der Waals surface area contributed by atoms with Crippen LogP contribution in [0.15, 0.2) is 0 Å². The fourth-order valence-electron chi connectivity index (χ4n) is 1.50. The Labute approximate surface area is 119 Å². The number of carbonyl (C=O) groups is 2. The van der Waals surface area contributed by atoms with Crippen LogP contribution in [0.1, 0.15) is 27.2 Å². The van der Waals surface area contributed by atoms with E-state index in [0.29, 0.717) is 6.42 Å². The Morgan fingerprint density at radius 2 is 1.85 bits per heavy atom. The minimum absolute atomic E-state index is 0.155. The van der Waals surface area contributed by atoms with E-state index < -0.39 is 31.2 Å². The van der Waals surface area contributed by atoms with Gasteiger partial charge in [0.25, 0.3) is 0 Å². The predicted molar refractivity (Wildman–Crippen MR) is 74.9 cm³/mol. The van der Waals surface area contributed by atoms with Gasteiger partial charge in [0, 0.05) is 7.11 Å². The average Bonchev–Trinajstić information content (AvgIpc) is 2.36. The lowest BCUT2D eigenvalue weighted by molar-refractivity contribution is -0.128. The van der Waals surface area contributed by atoms with Gasteiger partial charge in [-0.2, -0.15) is 0 Å². The molecule has 0 rings (SSSR count). The third-order valence-electron chi connectivity index (χ3n) is 2.65. The van der Waals surface area contributed by atoms with Crippen molar-refractivity contribution in [2.75, 3.05) is 13.7 Å². The molecule has 0 aliphatic carbocycles. The molecule has 20 heavy (non-hydrogen) atoms. The molecule has 8 nitrogen and oxygen atoms in total. The zero-order valence-electron chi connectivity index (χ0n) is 12.3. The van der Waals surface area contributed by atoms with Gasteiger partial charge in [0.05, 0.1) is 6.54 Å². The highest BCUT2D eigenvalue weighted by molar-refractivity contribution is 7.53. The molecule has 3 atom stereocenters. The molecule has 0 aliphatic heterocycles. The van der Waals surface area contributed by atoms with Crippen molar-refractivity contribution in [1.29, 1.82) is 0 Å². The van der Waals surface area contributed by atoms with E-state index in [9.17, 15) is 19.0 Å². The second-order valence-electron chi connectivity index (χ2n) is 4.89. The Balaban J connectivity index is 4.78. The molecule has 0 aliphatic rings. The first-order valence-electron chi connectivity index (χ1n) is 6.32. The maximum atomic E-state index is 12.0. The number of nitrogens with two attached hydrogens (primary N) is 1. The molecule has 2 amide bonds. The first-order chi connectivity index (χ1) is 9.13. The Hall–Kier alpha value is -0.950. The van der Waals surface area contributed by atoms with Crippen LogP contribution in [0.3, 0.4) is 0 Å². The molecule has 9 heteroatoms. The number of carbonyl (C=O) groups excluding carboxylic acids is 2. The van der Waals surface area contributed by atoms with Gasteiger partial charge in [-0.05, 0) is 19.3 Å². The van der Waals surface area contributed by atoms with Crippen LogP contribution in [-0.2, 0) is 18.7 Å². The normalized spacial score (nSPS) is 17.1. The standard InChI is InChI=1S/C11H24N3O5P/c1-7(2)5-9(14-10(15)6-12)11(16)13-8(3)20(17,18)19-4/h7-9H,5-6,12H2,1-4H3,(H,13,16)(H,14,15)(H,17,18)/t8-,9+/m1/s1. The second kappa shape index (κ2) is 8.36. The van der Waals surface area contributed by atoms with E-state index in [2.05, 4.69) is 15.2 Å². The maximum absolute atomic E-state index is 12.0. The topological polar surface area (TPSA) is 131 Å². The largest absolute Gasteiger partial charge is 0.349 e. The molecule has 0 saturated heterocycles. The molecule has 0 aromatic carbocycles. The molecule has 0 spiro atoms. The molecule has 0 aromatic heterocycles. The van der Waals surface area contributed by atoms with Gasteiger partial charge in [0.1, 0.15) is 11.8 Å². The quantitative estimate of drug-likeness (QED) is 0.458. The Bertz CT molecular complexity index is 388. The van der Waals surface area contributed by atoms with Gasteiger partial charge < -0.3 is 25.8 Å². The van der Waals surface area contributed by atoms with Crippen LogP contribution in [0.25, 0.3) is 0 Å². The van der Waals surface area contributed by atoms with E-state index in [4.69, 9.17) is 5.73 Å². The highest BCUT2D eigenvalue weighted by atomic mass is 31.2. The first-order valence-corrected chi connectivity index (χ1v) is 7.96. The van der Waals surface area contributed by atoms with Gasteiger partial charge in [0.15, 0.2) is 0 Å². The third kappa shape index (κ3) is 6.47. The van der Waals surface area contributed by atoms with E-state index in [1.165, 1.54) is 6.92 Å². The van der Waals surface area contributed by atoms with Crippen molar-refractivity contribution in [2.24, 2.45) is 11.7 Å². The first kappa shape index (κ1) is 19.1. The van der Waals surface area contributed by atoms with E-state index in [1.807, 2.05) is 13.8 Å². The van der Waals surface area contributed by atoms with Crippen molar-refractivity contribution in [3.05, 3.63) is 0 Å². The number of amides is 2. The number of nitrogens with one attached hydrogen (secondary N) is 2. The van der Waals surface area contributed by atoms with Gasteiger partial charge in [-0.3, -0.25) is 14.2 Å². The van der Waals surface area contributed by atoms with Crippen molar-refractivity contribution >= 4 is 19.4 Å². The van der Waals surface area contributed by atoms with Gasteiger partial charge in [0.2, 0.25) is 11.8 Å². The molecule has 0 bridgehead atoms. The summed E-state index contributed by atoms with van der Waals surface area (Å²) in [6.07, 6.45) is 0.396. The van der Waals surface area contributed by atoms with E-state index in [1.54, 1.807) is 0 Å². The van der Waals surface area contributed by atoms with Gasteiger partial charge in [-0.25, -0.2) is 0 Å². The molecular formula is C11H24N3O5P. The number of rotatable bonds is 8. The molecule has 1 unspecified atom stereocenters. The predicted octanol–water partition coefficient (Wildman–Crippen LogP) is -0.230. The van der Waals surface area contributed by atoms with Crippen molar-refractivity contribution in [3.8, 4) is 0 Å². The van der Waals surface area contributed by atoms with Crippen molar-refractivity contribution in [2.45, 2.75) is 39.0 Å². The summed E-state index contributed by atoms with van der Waals surface area (Å²) in [7, 11) is -2.81. The zero-order chi connectivity index (χ0) is 15.9. The second-order valence-corrected chi connectivity index (χ2v) is 7.15. The Morgan fingerprint density at radius 1 is 1.30 bits per heavy atom. The SMILES string of the molecule is COP(=O)(O)[C@H](C)NC(=O)[C@H](CC(C)C)NC(=O)CN. The van der Waals surface area contributed by atoms with Crippen LogP contribution in [0.4, 0.5) is 0 Å². The molecular weight excluding hydrogens is 285 g/mol. The van der Waals surface area contributed by atoms with Crippen LogP contribution in [0.5, 0.6) is 0 Å². The summed E-state index contributed by atoms with van der Waals surface area (Å²) in [6.45, 7) is 4.92. The fraction of sp³-hybridized carbons (Fsp3) is 0.818. The Kier molecular flexibility index (Phi) is 7.96. The lowest BCUT2D eigenvalue weighted by Crippen LogP contribution is -2.50. The lowest BCUT2D eigenvalue weighted by Gasteiger charge is -2.24. The van der Waals surface area contributed by atoms with Gasteiger partial charge in [-0.1, -0.05) is 13.8 Å². The van der Waals surface area contributed by atoms with E-state index >= 15 is 0 Å². The Morgan fingerprint density at radius 3 is 2.25 bits per heavy atom. The van der Waals surface area contributed by atoms with Crippen LogP contribution < -0.4 is 16.4 Å². The molecule has 118 valence electrons. The number of hydrogen-bond acceptors (Lipinski definition) is 5. The molecule has 0 heterocycles. The summed E-state index contributed by atoms with van der Waals surface area (Å²) >= 11 is 0. The minimum atomic E-state index is -3.90. The average molecular weight is 309 g/mol. The smallest absolute Gasteiger partial charge is 0.343 e. The zero-order valence-corrected chi connectivity index (χ0v) is 13.1. The minimum Gasteiger partial charge on any atom is -0.343 e. The van der Waals surface area contributed by atoms with Gasteiger partial charge >= 0.3 is 7.60 Å². The summed E-state index contributed by atoms with van der Waals surface area (Å²) in [5, 5.41) is 4.86. The summed E-state index contributed by atoms with van der Waals surface area (Å²) in [5.41, 5.74) is 5.20. The number of hydrogen-bond donors (Lipinski definition) is 4. The molecule has 0 saturated carbocycles. The summed E-state index contributed by atoms with van der Waals surface area (Å²) in [4.78, 5) is 32.8. The lowest BCUT2D eigenvalue weighted by atomic mass is 10.0. The third-order valence-corrected chi connectivity index (χ3v) is 4.28. The molecule has 0 fully saturated rings. The van der Waals surface area contributed by atoms with Crippen LogP contribution in [0.2, 0.25) is 0 Å². The van der Waals surface area contributed by atoms with E-state index in [-0.39, 0.29) is 12.5 Å². The summed E-state index contributed by atoms with van der Waals surface area (Å²) in [6, 6.07) is -0.801. The monoisotopic (exact) mass is 309 g/mol. The highest BCUT2D eigenvalue weighted by Gasteiger charge is 2.31. The van der Waals surface area contributed by atoms with Crippen molar-refractivity contribution < 1.29 is 23.6 Å². The maximum Gasteiger partial charge on any atom is 0.349 e. The van der Waals surface area contributed by atoms with Crippen LogP contribution >= 0.6 is 7.60 Å². The van der Waals surface area contributed by atoms with Crippen molar-refractivity contribution in [3.63, 3.8) is 0 Å². The molecule has 0 radical (unpaired) electrons. The van der Waals surface area contributed by atoms with E-state index in [0.717, 1.165) is 7.11 Å².